The molecule has 1 N–H and O–H groups in total. The van der Waals surface area contributed by atoms with Crippen molar-refractivity contribution >= 4 is 5.78 Å². The first-order valence-corrected chi connectivity index (χ1v) is 6.00. The number of aryl methyl sites for hydroxylation is 1. The highest BCUT2D eigenvalue weighted by molar-refractivity contribution is 5.88. The van der Waals surface area contributed by atoms with Crippen LogP contribution in [0.2, 0.25) is 0 Å². The molecule has 0 bridgehead atoms. The van der Waals surface area contributed by atoms with Gasteiger partial charge in [0.15, 0.2) is 5.78 Å². The molecule has 0 amide bonds. The Morgan fingerprint density at radius 3 is 3.31 bits per heavy atom. The van der Waals surface area contributed by atoms with Gasteiger partial charge >= 0.3 is 0 Å². The summed E-state index contributed by atoms with van der Waals surface area (Å²) >= 11 is 0. The fraction of sp³-hybridized carbons (Fsp3) is 0.538. The van der Waals surface area contributed by atoms with Gasteiger partial charge in [-0.1, -0.05) is 13.0 Å². The monoisotopic (exact) mass is 218 g/mol. The van der Waals surface area contributed by atoms with Crippen molar-refractivity contribution in [3.63, 3.8) is 0 Å². The zero-order valence-corrected chi connectivity index (χ0v) is 9.70. The maximum atomic E-state index is 12.0. The van der Waals surface area contributed by atoms with Gasteiger partial charge in [-0.2, -0.15) is 0 Å². The number of ketones is 1. The highest BCUT2D eigenvalue weighted by Crippen LogP contribution is 2.31. The van der Waals surface area contributed by atoms with Crippen LogP contribution in [0.4, 0.5) is 0 Å². The van der Waals surface area contributed by atoms with Crippen LogP contribution in [0, 0.1) is 0 Å². The van der Waals surface area contributed by atoms with Gasteiger partial charge in [0.1, 0.15) is 0 Å². The quantitative estimate of drug-likeness (QED) is 0.765. The van der Waals surface area contributed by atoms with Crippen molar-refractivity contribution < 1.29 is 4.79 Å². The molecule has 3 nitrogen and oxygen atoms in total. The molecule has 1 aromatic heterocycles. The number of aromatic nitrogens is 1. The van der Waals surface area contributed by atoms with E-state index < -0.39 is 0 Å². The van der Waals surface area contributed by atoms with Gasteiger partial charge in [0, 0.05) is 6.20 Å². The smallest absolute Gasteiger partial charge is 0.155 e. The van der Waals surface area contributed by atoms with Crippen molar-refractivity contribution in [1.82, 2.24) is 10.3 Å². The van der Waals surface area contributed by atoms with Crippen molar-refractivity contribution in [3.8, 4) is 0 Å². The van der Waals surface area contributed by atoms with Crippen molar-refractivity contribution in [2.24, 2.45) is 0 Å². The first-order valence-electron chi connectivity index (χ1n) is 6.00. The number of pyridine rings is 1. The number of hydrogen-bond donors (Lipinski definition) is 1. The molecule has 3 heteroatoms. The van der Waals surface area contributed by atoms with Crippen LogP contribution in [0.3, 0.4) is 0 Å². The summed E-state index contributed by atoms with van der Waals surface area (Å²) in [5, 5.41) is 3.17. The number of carbonyl (C=O) groups is 1. The van der Waals surface area contributed by atoms with E-state index in [1.165, 1.54) is 5.56 Å². The Hall–Kier alpha value is -1.22. The number of Topliss-reactive ketones (excluding diaryl/α,β-unsaturated/α-hetero) is 1. The van der Waals surface area contributed by atoms with E-state index in [9.17, 15) is 4.79 Å². The maximum Gasteiger partial charge on any atom is 0.155 e. The molecule has 1 aliphatic carbocycles. The molecule has 1 heterocycles. The molecule has 0 saturated heterocycles. The van der Waals surface area contributed by atoms with Crippen LogP contribution in [-0.4, -0.2) is 23.9 Å². The Morgan fingerprint density at radius 1 is 1.62 bits per heavy atom. The molecule has 1 aromatic rings. The van der Waals surface area contributed by atoms with E-state index in [2.05, 4.69) is 23.3 Å². The van der Waals surface area contributed by atoms with Gasteiger partial charge in [0.2, 0.25) is 0 Å². The number of carbonyl (C=O) groups excluding carboxylic acids is 1. The Balaban J connectivity index is 1.99. The van der Waals surface area contributed by atoms with Gasteiger partial charge in [0.05, 0.1) is 18.2 Å². The molecule has 0 fully saturated rings. The standard InChI is InChI=1S/C13H18N2O/c1-2-7-14-9-12(16)11-6-5-10-4-3-8-15-13(10)11/h3-4,8,11,14H,2,5-7,9H2,1H3. The van der Waals surface area contributed by atoms with Crippen LogP contribution in [0.15, 0.2) is 18.3 Å². The van der Waals surface area contributed by atoms with Crippen molar-refractivity contribution in [2.45, 2.75) is 32.1 Å². The van der Waals surface area contributed by atoms with E-state index in [1.807, 2.05) is 6.07 Å². The Kier molecular flexibility index (Phi) is 3.67. The first kappa shape index (κ1) is 11.3. The van der Waals surface area contributed by atoms with Crippen molar-refractivity contribution in [3.05, 3.63) is 29.6 Å². The number of nitrogens with one attached hydrogen (secondary N) is 1. The highest BCUT2D eigenvalue weighted by atomic mass is 16.1. The summed E-state index contributed by atoms with van der Waals surface area (Å²) in [6.07, 6.45) is 4.77. The average Bonchev–Trinajstić information content (AvgIpc) is 2.73. The van der Waals surface area contributed by atoms with Gasteiger partial charge in [-0.05, 0) is 37.4 Å². The lowest BCUT2D eigenvalue weighted by Crippen LogP contribution is -2.27. The molecule has 0 spiro atoms. The SMILES string of the molecule is CCCNCC(=O)C1CCc2cccnc21. The van der Waals surface area contributed by atoms with E-state index in [0.717, 1.165) is 31.5 Å². The predicted octanol–water partition coefficient (Wildman–Crippen LogP) is 1.68. The Bertz CT molecular complexity index is 376. The summed E-state index contributed by atoms with van der Waals surface area (Å²) in [6, 6.07) is 4.02. The van der Waals surface area contributed by atoms with Gasteiger partial charge in [-0.15, -0.1) is 0 Å². The van der Waals surface area contributed by atoms with Gasteiger partial charge in [-0.3, -0.25) is 9.78 Å². The van der Waals surface area contributed by atoms with E-state index >= 15 is 0 Å². The van der Waals surface area contributed by atoms with Crippen LogP contribution in [0.1, 0.15) is 36.9 Å². The summed E-state index contributed by atoms with van der Waals surface area (Å²) in [5.74, 6) is 0.312. The van der Waals surface area contributed by atoms with Crippen LogP contribution >= 0.6 is 0 Å². The first-order chi connectivity index (χ1) is 7.83. The number of rotatable bonds is 5. The minimum atomic E-state index is 0.0283. The number of nitrogens with zero attached hydrogens (tertiary/aromatic N) is 1. The third-order valence-corrected chi connectivity index (χ3v) is 3.07. The lowest BCUT2D eigenvalue weighted by atomic mass is 10.0. The van der Waals surface area contributed by atoms with Crippen LogP contribution < -0.4 is 5.32 Å². The summed E-state index contributed by atoms with van der Waals surface area (Å²) in [6.45, 7) is 3.49. The lowest BCUT2D eigenvalue weighted by molar-refractivity contribution is -0.119. The highest BCUT2D eigenvalue weighted by Gasteiger charge is 2.28. The third-order valence-electron chi connectivity index (χ3n) is 3.07. The fourth-order valence-corrected chi connectivity index (χ4v) is 2.24. The molecular weight excluding hydrogens is 200 g/mol. The molecule has 0 saturated carbocycles. The zero-order valence-electron chi connectivity index (χ0n) is 9.70. The second kappa shape index (κ2) is 5.21. The van der Waals surface area contributed by atoms with E-state index in [-0.39, 0.29) is 11.7 Å². The Morgan fingerprint density at radius 2 is 2.50 bits per heavy atom. The normalized spacial score (nSPS) is 18.4. The van der Waals surface area contributed by atoms with E-state index in [0.29, 0.717) is 6.54 Å². The number of fused-ring (bicyclic) bond motifs is 1. The van der Waals surface area contributed by atoms with Gasteiger partial charge in [-0.25, -0.2) is 0 Å². The van der Waals surface area contributed by atoms with Crippen LogP contribution in [-0.2, 0) is 11.2 Å². The second-order valence-electron chi connectivity index (χ2n) is 4.28. The van der Waals surface area contributed by atoms with Crippen molar-refractivity contribution in [1.29, 1.82) is 0 Å². The van der Waals surface area contributed by atoms with Crippen molar-refractivity contribution in [2.75, 3.05) is 13.1 Å². The zero-order chi connectivity index (χ0) is 11.4. The molecule has 1 unspecified atom stereocenters. The summed E-state index contributed by atoms with van der Waals surface area (Å²) in [7, 11) is 0. The molecule has 1 aliphatic rings. The second-order valence-corrected chi connectivity index (χ2v) is 4.28. The topological polar surface area (TPSA) is 42.0 Å². The largest absolute Gasteiger partial charge is 0.310 e. The van der Waals surface area contributed by atoms with Gasteiger partial charge < -0.3 is 5.32 Å². The molecule has 2 rings (SSSR count). The minimum absolute atomic E-state index is 0.0283. The minimum Gasteiger partial charge on any atom is -0.310 e. The lowest BCUT2D eigenvalue weighted by Gasteiger charge is -2.09. The fourth-order valence-electron chi connectivity index (χ4n) is 2.24. The molecule has 0 aliphatic heterocycles. The maximum absolute atomic E-state index is 12.0. The van der Waals surface area contributed by atoms with Crippen LogP contribution in [0.25, 0.3) is 0 Å². The van der Waals surface area contributed by atoms with Crippen LogP contribution in [0.5, 0.6) is 0 Å². The average molecular weight is 218 g/mol. The summed E-state index contributed by atoms with van der Waals surface area (Å²) < 4.78 is 0. The molecule has 16 heavy (non-hydrogen) atoms. The molecule has 86 valence electrons. The van der Waals surface area contributed by atoms with E-state index in [4.69, 9.17) is 0 Å². The third kappa shape index (κ3) is 2.30. The van der Waals surface area contributed by atoms with Gasteiger partial charge in [0.25, 0.3) is 0 Å². The Labute approximate surface area is 96.3 Å². The molecular formula is C13H18N2O. The summed E-state index contributed by atoms with van der Waals surface area (Å²) in [5.41, 5.74) is 2.25. The van der Waals surface area contributed by atoms with E-state index in [1.54, 1.807) is 6.20 Å². The predicted molar refractivity (Wildman–Crippen MR) is 63.5 cm³/mol. The molecule has 0 radical (unpaired) electrons. The summed E-state index contributed by atoms with van der Waals surface area (Å²) in [4.78, 5) is 16.3. The molecule has 0 aromatic carbocycles. The number of hydrogen-bond acceptors (Lipinski definition) is 3. The molecule has 1 atom stereocenters.